The lowest BCUT2D eigenvalue weighted by atomic mass is 9.87. The molecular weight excluding hydrogens is 254 g/mol. The highest BCUT2D eigenvalue weighted by Gasteiger charge is 2.23. The van der Waals surface area contributed by atoms with E-state index in [-0.39, 0.29) is 0 Å². The Balaban J connectivity index is 1.96. The molecule has 1 fully saturated rings. The van der Waals surface area contributed by atoms with E-state index in [2.05, 4.69) is 31.3 Å². The van der Waals surface area contributed by atoms with Crippen LogP contribution in [-0.2, 0) is 0 Å². The Morgan fingerprint density at radius 3 is 2.53 bits per heavy atom. The second-order valence-electron chi connectivity index (χ2n) is 6.06. The van der Waals surface area contributed by atoms with Gasteiger partial charge in [-0.2, -0.15) is 0 Å². The number of benzene rings is 1. The molecule has 2 unspecified atom stereocenters. The molecule has 2 atom stereocenters. The Morgan fingerprint density at radius 2 is 1.95 bits per heavy atom. The predicted molar refractivity (Wildman–Crippen MR) is 83.9 cm³/mol. The third-order valence-electron chi connectivity index (χ3n) is 4.04. The van der Waals surface area contributed by atoms with Crippen molar-refractivity contribution in [3.63, 3.8) is 0 Å². The average molecular weight is 280 g/mol. The minimum absolute atomic E-state index is 0.624. The SMILES string of the molecule is CCCC(C)CC(CNC1CC1)c1ccc(Cl)cc1. The summed E-state index contributed by atoms with van der Waals surface area (Å²) in [6.45, 7) is 5.76. The number of nitrogens with one attached hydrogen (secondary N) is 1. The zero-order chi connectivity index (χ0) is 13.7. The van der Waals surface area contributed by atoms with Gasteiger partial charge < -0.3 is 5.32 Å². The van der Waals surface area contributed by atoms with E-state index in [9.17, 15) is 0 Å². The maximum absolute atomic E-state index is 5.99. The molecule has 2 heteroatoms. The van der Waals surface area contributed by atoms with Crippen molar-refractivity contribution in [2.24, 2.45) is 5.92 Å². The van der Waals surface area contributed by atoms with Gasteiger partial charge in [-0.05, 0) is 48.8 Å². The molecule has 1 aliphatic rings. The zero-order valence-electron chi connectivity index (χ0n) is 12.2. The van der Waals surface area contributed by atoms with E-state index in [0.29, 0.717) is 5.92 Å². The molecule has 0 radical (unpaired) electrons. The third kappa shape index (κ3) is 5.16. The van der Waals surface area contributed by atoms with Crippen molar-refractivity contribution in [2.75, 3.05) is 6.54 Å². The van der Waals surface area contributed by atoms with Crippen LogP contribution in [0.25, 0.3) is 0 Å². The van der Waals surface area contributed by atoms with Crippen molar-refractivity contribution in [1.82, 2.24) is 5.32 Å². The van der Waals surface area contributed by atoms with Crippen molar-refractivity contribution in [1.29, 1.82) is 0 Å². The summed E-state index contributed by atoms with van der Waals surface area (Å²) in [5.74, 6) is 1.42. The summed E-state index contributed by atoms with van der Waals surface area (Å²) in [7, 11) is 0. The predicted octanol–water partition coefficient (Wildman–Crippen LogP) is 5.00. The van der Waals surface area contributed by atoms with E-state index < -0.39 is 0 Å². The monoisotopic (exact) mass is 279 g/mol. The van der Waals surface area contributed by atoms with Gasteiger partial charge in [-0.25, -0.2) is 0 Å². The average Bonchev–Trinajstić information content (AvgIpc) is 3.20. The fourth-order valence-electron chi connectivity index (χ4n) is 2.76. The topological polar surface area (TPSA) is 12.0 Å². The maximum Gasteiger partial charge on any atom is 0.0406 e. The van der Waals surface area contributed by atoms with E-state index in [1.807, 2.05) is 12.1 Å². The van der Waals surface area contributed by atoms with Crippen LogP contribution in [0, 0.1) is 5.92 Å². The van der Waals surface area contributed by atoms with Crippen LogP contribution >= 0.6 is 11.6 Å². The first-order valence-electron chi connectivity index (χ1n) is 7.68. The normalized spacial score (nSPS) is 18.3. The van der Waals surface area contributed by atoms with Gasteiger partial charge in [0.2, 0.25) is 0 Å². The lowest BCUT2D eigenvalue weighted by Gasteiger charge is -2.22. The van der Waals surface area contributed by atoms with Gasteiger partial charge in [0.1, 0.15) is 0 Å². The molecule has 0 heterocycles. The summed E-state index contributed by atoms with van der Waals surface area (Å²) < 4.78 is 0. The summed E-state index contributed by atoms with van der Waals surface area (Å²) >= 11 is 5.99. The molecule has 0 spiro atoms. The van der Waals surface area contributed by atoms with Gasteiger partial charge in [0.25, 0.3) is 0 Å². The minimum Gasteiger partial charge on any atom is -0.313 e. The molecular formula is C17H26ClN. The van der Waals surface area contributed by atoms with Crippen LogP contribution < -0.4 is 5.32 Å². The van der Waals surface area contributed by atoms with Crippen LogP contribution in [0.1, 0.15) is 57.4 Å². The van der Waals surface area contributed by atoms with Crippen LogP contribution in [-0.4, -0.2) is 12.6 Å². The maximum atomic E-state index is 5.99. The van der Waals surface area contributed by atoms with Crippen LogP contribution in [0.4, 0.5) is 0 Å². The van der Waals surface area contributed by atoms with Crippen molar-refractivity contribution < 1.29 is 0 Å². The fraction of sp³-hybridized carbons (Fsp3) is 0.647. The van der Waals surface area contributed by atoms with Crippen LogP contribution in [0.15, 0.2) is 24.3 Å². The highest BCUT2D eigenvalue weighted by molar-refractivity contribution is 6.30. The smallest absolute Gasteiger partial charge is 0.0406 e. The molecule has 1 nitrogen and oxygen atoms in total. The largest absolute Gasteiger partial charge is 0.313 e. The van der Waals surface area contributed by atoms with Crippen LogP contribution in [0.2, 0.25) is 5.02 Å². The lowest BCUT2D eigenvalue weighted by Crippen LogP contribution is -2.24. The van der Waals surface area contributed by atoms with Crippen molar-refractivity contribution in [3.8, 4) is 0 Å². The molecule has 0 aromatic heterocycles. The first-order chi connectivity index (χ1) is 9.19. The molecule has 2 rings (SSSR count). The molecule has 0 aliphatic heterocycles. The highest BCUT2D eigenvalue weighted by Crippen LogP contribution is 2.28. The van der Waals surface area contributed by atoms with E-state index >= 15 is 0 Å². The quantitative estimate of drug-likeness (QED) is 0.706. The van der Waals surface area contributed by atoms with Gasteiger partial charge in [0, 0.05) is 17.6 Å². The first kappa shape index (κ1) is 14.9. The van der Waals surface area contributed by atoms with Crippen LogP contribution in [0.5, 0.6) is 0 Å². The molecule has 1 saturated carbocycles. The first-order valence-corrected chi connectivity index (χ1v) is 8.05. The molecule has 0 amide bonds. The summed E-state index contributed by atoms with van der Waals surface area (Å²) in [5.41, 5.74) is 1.43. The summed E-state index contributed by atoms with van der Waals surface area (Å²) in [5, 5.41) is 4.52. The summed E-state index contributed by atoms with van der Waals surface area (Å²) in [4.78, 5) is 0. The lowest BCUT2D eigenvalue weighted by molar-refractivity contribution is 0.419. The summed E-state index contributed by atoms with van der Waals surface area (Å²) in [6, 6.07) is 9.22. The number of hydrogen-bond acceptors (Lipinski definition) is 1. The number of hydrogen-bond donors (Lipinski definition) is 1. The van der Waals surface area contributed by atoms with Crippen molar-refractivity contribution >= 4 is 11.6 Å². The molecule has 19 heavy (non-hydrogen) atoms. The second kappa shape index (κ2) is 7.31. The van der Waals surface area contributed by atoms with Gasteiger partial charge in [0.05, 0.1) is 0 Å². The van der Waals surface area contributed by atoms with Gasteiger partial charge in [-0.15, -0.1) is 0 Å². The highest BCUT2D eigenvalue weighted by atomic mass is 35.5. The molecule has 1 aromatic rings. The second-order valence-corrected chi connectivity index (χ2v) is 6.50. The standard InChI is InChI=1S/C17H26ClN/c1-3-4-13(2)11-15(12-19-17-9-10-17)14-5-7-16(18)8-6-14/h5-8,13,15,17,19H,3-4,9-12H2,1-2H3. The Morgan fingerprint density at radius 1 is 1.26 bits per heavy atom. The molecule has 0 saturated heterocycles. The van der Waals surface area contributed by atoms with Crippen molar-refractivity contribution in [2.45, 2.75) is 57.9 Å². The third-order valence-corrected chi connectivity index (χ3v) is 4.29. The van der Waals surface area contributed by atoms with E-state index in [0.717, 1.165) is 23.5 Å². The van der Waals surface area contributed by atoms with Gasteiger partial charge >= 0.3 is 0 Å². The Bertz CT molecular complexity index is 369. The zero-order valence-corrected chi connectivity index (χ0v) is 12.9. The molecule has 1 aliphatic carbocycles. The van der Waals surface area contributed by atoms with E-state index in [4.69, 9.17) is 11.6 Å². The number of halogens is 1. The van der Waals surface area contributed by atoms with Gasteiger partial charge in [-0.1, -0.05) is 50.4 Å². The van der Waals surface area contributed by atoms with E-state index in [1.54, 1.807) is 0 Å². The molecule has 1 aromatic carbocycles. The van der Waals surface area contributed by atoms with Gasteiger partial charge in [-0.3, -0.25) is 0 Å². The van der Waals surface area contributed by atoms with E-state index in [1.165, 1.54) is 37.7 Å². The van der Waals surface area contributed by atoms with Gasteiger partial charge in [0.15, 0.2) is 0 Å². The Labute approximate surface area is 122 Å². The Kier molecular flexibility index (Phi) is 5.72. The summed E-state index contributed by atoms with van der Waals surface area (Å²) in [6.07, 6.45) is 6.60. The van der Waals surface area contributed by atoms with Crippen molar-refractivity contribution in [3.05, 3.63) is 34.9 Å². The molecule has 0 bridgehead atoms. The molecule has 106 valence electrons. The number of rotatable bonds is 8. The minimum atomic E-state index is 0.624. The molecule has 1 N–H and O–H groups in total. The fourth-order valence-corrected chi connectivity index (χ4v) is 2.89. The van der Waals surface area contributed by atoms with Crippen LogP contribution in [0.3, 0.4) is 0 Å². The Hall–Kier alpha value is -0.530.